The van der Waals surface area contributed by atoms with Gasteiger partial charge in [-0.3, -0.25) is 10.1 Å². The van der Waals surface area contributed by atoms with Gasteiger partial charge in [0.15, 0.2) is 0 Å². The van der Waals surface area contributed by atoms with E-state index in [1.54, 1.807) is 34.4 Å². The van der Waals surface area contributed by atoms with Crippen molar-refractivity contribution < 1.29 is 9.31 Å². The second-order valence-electron chi connectivity index (χ2n) is 4.36. The monoisotopic (exact) mass is 384 g/mol. The van der Waals surface area contributed by atoms with E-state index in [1.165, 1.54) is 12.1 Å². The molecular weight excluding hydrogens is 370 g/mol. The van der Waals surface area contributed by atoms with Crippen LogP contribution in [0, 0.1) is 19.5 Å². The first-order valence-corrected chi connectivity index (χ1v) is 7.49. The molecule has 0 aliphatic heterocycles. The van der Waals surface area contributed by atoms with Crippen LogP contribution in [0.5, 0.6) is 0 Å². The first-order valence-electron chi connectivity index (χ1n) is 5.19. The Morgan fingerprint density at radius 2 is 2.17 bits per heavy atom. The number of anilines is 1. The summed E-state index contributed by atoms with van der Waals surface area (Å²) in [5, 5.41) is 13.9. The van der Waals surface area contributed by atoms with Crippen LogP contribution in [0.1, 0.15) is 13.8 Å². The van der Waals surface area contributed by atoms with Gasteiger partial charge in [-0.1, -0.05) is 0 Å². The largest absolute Gasteiger partial charge is 0.378 e. The van der Waals surface area contributed by atoms with Gasteiger partial charge in [0.05, 0.1) is 8.49 Å². The van der Waals surface area contributed by atoms with Crippen LogP contribution in [0.4, 0.5) is 15.8 Å². The zero-order valence-corrected chi connectivity index (χ0v) is 13.3. The predicted molar refractivity (Wildman–Crippen MR) is 81.9 cm³/mol. The molecule has 1 N–H and O–H groups in total. The fourth-order valence-corrected chi connectivity index (χ4v) is 1.88. The van der Waals surface area contributed by atoms with Gasteiger partial charge < -0.3 is 5.32 Å². The summed E-state index contributed by atoms with van der Waals surface area (Å²) in [7, 11) is 0. The van der Waals surface area contributed by atoms with Crippen molar-refractivity contribution in [2.24, 2.45) is 0 Å². The molecule has 0 atom stereocenters. The molecule has 0 radical (unpaired) electrons. The first-order chi connectivity index (χ1) is 8.26. The molecule has 0 fully saturated rings. The Morgan fingerprint density at radius 1 is 1.56 bits per heavy atom. The molecule has 0 amide bonds. The summed E-state index contributed by atoms with van der Waals surface area (Å²) in [6.07, 6.45) is 1.96. The second kappa shape index (κ2) is 6.05. The summed E-state index contributed by atoms with van der Waals surface area (Å²) in [6.45, 7) is 4.55. The second-order valence-corrected chi connectivity index (χ2v) is 7.03. The number of nitro benzene ring substituents is 1. The van der Waals surface area contributed by atoms with Crippen LogP contribution in [0.25, 0.3) is 0 Å². The molecule has 0 bridgehead atoms. The predicted octanol–water partition coefficient (Wildman–Crippen LogP) is 3.89. The van der Waals surface area contributed by atoms with Gasteiger partial charge in [0.2, 0.25) is 0 Å². The van der Waals surface area contributed by atoms with E-state index in [2.05, 4.69) is 5.32 Å². The van der Waals surface area contributed by atoms with E-state index in [4.69, 9.17) is 0 Å². The van der Waals surface area contributed by atoms with Crippen LogP contribution in [0.3, 0.4) is 0 Å². The van der Waals surface area contributed by atoms with Crippen LogP contribution in [-0.4, -0.2) is 22.5 Å². The van der Waals surface area contributed by atoms with Crippen molar-refractivity contribution in [2.45, 2.75) is 18.6 Å². The lowest BCUT2D eigenvalue weighted by Crippen LogP contribution is -2.26. The average Bonchev–Trinajstić information content (AvgIpc) is 2.30. The topological polar surface area (TPSA) is 55.2 Å². The molecule has 0 saturated carbocycles. The zero-order valence-electron chi connectivity index (χ0n) is 10.3. The van der Waals surface area contributed by atoms with E-state index in [-0.39, 0.29) is 19.7 Å². The fraction of sp³-hybridized carbons (Fsp3) is 0.455. The minimum absolute atomic E-state index is 0.0761. The van der Waals surface area contributed by atoms with Gasteiger partial charge in [0.25, 0.3) is 5.69 Å². The Balaban J connectivity index is 3.01. The molecule has 1 aromatic carbocycles. The van der Waals surface area contributed by atoms with Crippen molar-refractivity contribution in [3.63, 3.8) is 0 Å². The van der Waals surface area contributed by atoms with E-state index in [1.807, 2.05) is 20.1 Å². The van der Waals surface area contributed by atoms with Gasteiger partial charge in [-0.15, -0.1) is 0 Å². The maximum absolute atomic E-state index is 13.4. The van der Waals surface area contributed by atoms with Crippen LogP contribution < -0.4 is 5.32 Å². The van der Waals surface area contributed by atoms with Gasteiger partial charge in [0.1, 0.15) is 11.5 Å². The molecule has 0 heterocycles. The maximum Gasteiger partial charge on any atom is 0.293 e. The third-order valence-electron chi connectivity index (χ3n) is 2.49. The summed E-state index contributed by atoms with van der Waals surface area (Å²) in [5.41, 5.74) is 0.123. The molecule has 0 aliphatic carbocycles. The van der Waals surface area contributed by atoms with Gasteiger partial charge in [-0.2, -0.15) is 11.8 Å². The smallest absolute Gasteiger partial charge is 0.293 e. The molecule has 0 spiro atoms. The summed E-state index contributed by atoms with van der Waals surface area (Å²) in [6, 6.07) is 2.42. The number of thioether (sulfide) groups is 1. The molecule has 0 unspecified atom stereocenters. The number of hydrogen-bond acceptors (Lipinski definition) is 4. The third-order valence-corrected chi connectivity index (χ3v) is 4.57. The van der Waals surface area contributed by atoms with Crippen molar-refractivity contribution in [1.82, 2.24) is 0 Å². The number of rotatable bonds is 5. The molecule has 0 saturated heterocycles. The quantitative estimate of drug-likeness (QED) is 0.476. The van der Waals surface area contributed by atoms with E-state index < -0.39 is 10.7 Å². The highest BCUT2D eigenvalue weighted by molar-refractivity contribution is 14.1. The molecule has 18 heavy (non-hydrogen) atoms. The van der Waals surface area contributed by atoms with E-state index in [0.29, 0.717) is 6.54 Å². The number of nitrogens with one attached hydrogen (secondary N) is 1. The van der Waals surface area contributed by atoms with Gasteiger partial charge in [0, 0.05) is 23.4 Å². The lowest BCUT2D eigenvalue weighted by Gasteiger charge is -2.22. The molecule has 0 aliphatic rings. The number of hydrogen-bond donors (Lipinski definition) is 1. The van der Waals surface area contributed by atoms with E-state index >= 15 is 0 Å². The Hall–Kier alpha value is -0.570. The first kappa shape index (κ1) is 15.5. The van der Waals surface area contributed by atoms with Crippen LogP contribution in [-0.2, 0) is 0 Å². The van der Waals surface area contributed by atoms with Gasteiger partial charge >= 0.3 is 0 Å². The third kappa shape index (κ3) is 3.98. The number of nitrogens with zero attached hydrogens (tertiary/aromatic N) is 1. The lowest BCUT2D eigenvalue weighted by molar-refractivity contribution is -0.384. The molecular formula is C11H14FIN2O2S. The summed E-state index contributed by atoms with van der Waals surface area (Å²) < 4.78 is 13.6. The van der Waals surface area contributed by atoms with Crippen molar-refractivity contribution in [1.29, 1.82) is 0 Å². The highest BCUT2D eigenvalue weighted by atomic mass is 127. The normalized spacial score (nSPS) is 11.4. The Kier molecular flexibility index (Phi) is 5.20. The van der Waals surface area contributed by atoms with E-state index in [0.717, 1.165) is 0 Å². The highest BCUT2D eigenvalue weighted by Gasteiger charge is 2.21. The Bertz CT molecular complexity index is 469. The van der Waals surface area contributed by atoms with Crippen molar-refractivity contribution in [2.75, 3.05) is 18.1 Å². The standard InChI is InChI=1S/C11H14FIN2O2S/c1-11(2,18-3)6-14-9-4-7(12)8(13)5-10(9)15(16)17/h4-5,14H,6H2,1-3H3. The summed E-state index contributed by atoms with van der Waals surface area (Å²) in [4.78, 5) is 10.4. The molecule has 7 heteroatoms. The SMILES string of the molecule is CSC(C)(C)CNc1cc(F)c(I)cc1[N+](=O)[O-]. The maximum atomic E-state index is 13.4. The van der Waals surface area contributed by atoms with Gasteiger partial charge in [-0.25, -0.2) is 4.39 Å². The molecule has 4 nitrogen and oxygen atoms in total. The summed E-state index contributed by atoms with van der Waals surface area (Å²) >= 11 is 3.38. The highest BCUT2D eigenvalue weighted by Crippen LogP contribution is 2.30. The van der Waals surface area contributed by atoms with Gasteiger partial charge in [-0.05, 0) is 42.7 Å². The van der Waals surface area contributed by atoms with Crippen molar-refractivity contribution in [3.05, 3.63) is 31.6 Å². The van der Waals surface area contributed by atoms with E-state index in [9.17, 15) is 14.5 Å². The van der Waals surface area contributed by atoms with Crippen molar-refractivity contribution in [3.8, 4) is 0 Å². The minimum atomic E-state index is -0.504. The van der Waals surface area contributed by atoms with Crippen molar-refractivity contribution >= 4 is 45.7 Å². The molecule has 1 rings (SSSR count). The minimum Gasteiger partial charge on any atom is -0.378 e. The number of halogens is 2. The number of benzene rings is 1. The average molecular weight is 384 g/mol. The summed E-state index contributed by atoms with van der Waals surface area (Å²) in [5.74, 6) is -0.453. The van der Waals surface area contributed by atoms with Crippen LogP contribution in [0.15, 0.2) is 12.1 Å². The zero-order chi connectivity index (χ0) is 13.9. The Morgan fingerprint density at radius 3 is 2.67 bits per heavy atom. The molecule has 100 valence electrons. The fourth-order valence-electron chi connectivity index (χ4n) is 1.21. The Labute approximate surface area is 123 Å². The number of nitro groups is 1. The van der Waals surface area contributed by atoms with Crippen LogP contribution in [0.2, 0.25) is 0 Å². The lowest BCUT2D eigenvalue weighted by atomic mass is 10.2. The van der Waals surface area contributed by atoms with Crippen LogP contribution >= 0.6 is 34.4 Å². The molecule has 0 aromatic heterocycles. The molecule has 1 aromatic rings.